The lowest BCUT2D eigenvalue weighted by Gasteiger charge is -2.08. The van der Waals surface area contributed by atoms with Crippen molar-refractivity contribution in [2.75, 3.05) is 0 Å². The third kappa shape index (κ3) is 3.07. The maximum absolute atomic E-state index is 13.3. The summed E-state index contributed by atoms with van der Waals surface area (Å²) in [5.74, 6) is -0.191. The number of nitrogens with zero attached hydrogens (tertiary/aromatic N) is 2. The van der Waals surface area contributed by atoms with Crippen LogP contribution in [0.15, 0.2) is 32.9 Å². The molecule has 0 bridgehead atoms. The van der Waals surface area contributed by atoms with E-state index in [0.29, 0.717) is 12.6 Å². The fraction of sp³-hybridized carbons (Fsp3) is 0.333. The number of hydrogen-bond acceptors (Lipinski definition) is 5. The molecule has 1 aliphatic rings. The van der Waals surface area contributed by atoms with Crippen molar-refractivity contribution in [3.63, 3.8) is 0 Å². The monoisotopic (exact) mass is 281 g/mol. The average Bonchev–Trinajstić information content (AvgIpc) is 3.06. The maximum atomic E-state index is 13.3. The molecule has 1 saturated carbocycles. The molecule has 1 fully saturated rings. The summed E-state index contributed by atoms with van der Waals surface area (Å²) in [6.07, 6.45) is 2.46. The summed E-state index contributed by atoms with van der Waals surface area (Å²) in [6.45, 7) is 0.712. The molecule has 0 amide bonds. The van der Waals surface area contributed by atoms with Crippen molar-refractivity contribution in [1.29, 1.82) is 0 Å². The Kier molecular flexibility index (Phi) is 3.58. The largest absolute Gasteiger partial charge is 0.310 e. The number of benzene rings is 1. The van der Waals surface area contributed by atoms with Gasteiger partial charge in [-0.2, -0.15) is 0 Å². The van der Waals surface area contributed by atoms with Gasteiger partial charge in [0.05, 0.1) is 0 Å². The molecule has 3 nitrogen and oxygen atoms in total. The Morgan fingerprint density at radius 3 is 3.06 bits per heavy atom. The molecular formula is C12H12FN3S2. The molecule has 1 heterocycles. The van der Waals surface area contributed by atoms with E-state index in [-0.39, 0.29) is 5.82 Å². The van der Waals surface area contributed by atoms with Crippen LogP contribution in [0.3, 0.4) is 0 Å². The fourth-order valence-corrected chi connectivity index (χ4v) is 3.17. The minimum atomic E-state index is -0.191. The second-order valence-corrected chi connectivity index (χ2v) is 6.34. The Hall–Kier alpha value is -0.980. The van der Waals surface area contributed by atoms with E-state index >= 15 is 0 Å². The SMILES string of the molecule is Fc1ccc(Sc2nncs2)c(CNC2CC2)c1. The van der Waals surface area contributed by atoms with Gasteiger partial charge in [-0.25, -0.2) is 4.39 Å². The topological polar surface area (TPSA) is 37.8 Å². The Bertz CT molecular complexity index is 526. The van der Waals surface area contributed by atoms with Crippen LogP contribution < -0.4 is 5.32 Å². The Morgan fingerprint density at radius 2 is 2.33 bits per heavy atom. The highest BCUT2D eigenvalue weighted by Crippen LogP contribution is 2.32. The Labute approximate surface area is 113 Å². The lowest BCUT2D eigenvalue weighted by atomic mass is 10.2. The first kappa shape index (κ1) is 12.1. The maximum Gasteiger partial charge on any atom is 0.178 e. The molecule has 0 atom stereocenters. The summed E-state index contributed by atoms with van der Waals surface area (Å²) in [5, 5.41) is 11.2. The van der Waals surface area contributed by atoms with E-state index in [4.69, 9.17) is 0 Å². The summed E-state index contributed by atoms with van der Waals surface area (Å²) in [7, 11) is 0. The van der Waals surface area contributed by atoms with Crippen molar-refractivity contribution >= 4 is 23.1 Å². The van der Waals surface area contributed by atoms with Crippen molar-refractivity contribution in [3.8, 4) is 0 Å². The van der Waals surface area contributed by atoms with Crippen LogP contribution in [-0.2, 0) is 6.54 Å². The third-order valence-electron chi connectivity index (χ3n) is 2.72. The second kappa shape index (κ2) is 5.34. The quantitative estimate of drug-likeness (QED) is 0.914. The van der Waals surface area contributed by atoms with E-state index in [1.165, 1.54) is 42.0 Å². The average molecular weight is 281 g/mol. The molecule has 0 radical (unpaired) electrons. The number of nitrogens with one attached hydrogen (secondary N) is 1. The zero-order valence-electron chi connectivity index (χ0n) is 9.60. The number of halogens is 1. The molecule has 3 rings (SSSR count). The van der Waals surface area contributed by atoms with Crippen LogP contribution in [0.25, 0.3) is 0 Å². The molecule has 1 aromatic carbocycles. The molecular weight excluding hydrogens is 269 g/mol. The van der Waals surface area contributed by atoms with Gasteiger partial charge in [-0.15, -0.1) is 10.2 Å². The molecule has 0 aliphatic heterocycles. The highest BCUT2D eigenvalue weighted by Gasteiger charge is 2.20. The van der Waals surface area contributed by atoms with Gasteiger partial charge in [0.1, 0.15) is 11.3 Å². The molecule has 18 heavy (non-hydrogen) atoms. The van der Waals surface area contributed by atoms with Crippen LogP contribution >= 0.6 is 23.1 Å². The Balaban J connectivity index is 1.77. The highest BCUT2D eigenvalue weighted by atomic mass is 32.2. The van der Waals surface area contributed by atoms with E-state index in [9.17, 15) is 4.39 Å². The van der Waals surface area contributed by atoms with Crippen LogP contribution in [0.5, 0.6) is 0 Å². The number of hydrogen-bond donors (Lipinski definition) is 1. The van der Waals surface area contributed by atoms with Gasteiger partial charge in [-0.3, -0.25) is 0 Å². The van der Waals surface area contributed by atoms with Crippen LogP contribution in [-0.4, -0.2) is 16.2 Å². The van der Waals surface area contributed by atoms with Crippen molar-refractivity contribution in [3.05, 3.63) is 35.1 Å². The van der Waals surface area contributed by atoms with E-state index in [1.807, 2.05) is 6.07 Å². The van der Waals surface area contributed by atoms with Crippen molar-refractivity contribution < 1.29 is 4.39 Å². The molecule has 0 saturated heterocycles. The van der Waals surface area contributed by atoms with E-state index in [2.05, 4.69) is 15.5 Å². The summed E-state index contributed by atoms with van der Waals surface area (Å²) >= 11 is 3.03. The zero-order valence-corrected chi connectivity index (χ0v) is 11.2. The lowest BCUT2D eigenvalue weighted by Crippen LogP contribution is -2.15. The molecule has 1 aromatic heterocycles. The predicted octanol–water partition coefficient (Wildman–Crippen LogP) is 3.08. The minimum absolute atomic E-state index is 0.191. The second-order valence-electron chi connectivity index (χ2n) is 4.21. The van der Waals surface area contributed by atoms with Crippen LogP contribution in [0, 0.1) is 5.82 Å². The molecule has 0 spiro atoms. The molecule has 1 aliphatic carbocycles. The summed E-state index contributed by atoms with van der Waals surface area (Å²) in [4.78, 5) is 1.04. The van der Waals surface area contributed by atoms with E-state index in [0.717, 1.165) is 14.8 Å². The van der Waals surface area contributed by atoms with Gasteiger partial charge in [0.25, 0.3) is 0 Å². The van der Waals surface area contributed by atoms with Gasteiger partial charge >= 0.3 is 0 Å². The van der Waals surface area contributed by atoms with E-state index < -0.39 is 0 Å². The van der Waals surface area contributed by atoms with Crippen molar-refractivity contribution in [2.45, 2.75) is 34.7 Å². The molecule has 1 N–H and O–H groups in total. The molecule has 6 heteroatoms. The minimum Gasteiger partial charge on any atom is -0.310 e. The Morgan fingerprint density at radius 1 is 1.44 bits per heavy atom. The van der Waals surface area contributed by atoms with Gasteiger partial charge < -0.3 is 5.32 Å². The van der Waals surface area contributed by atoms with Gasteiger partial charge in [0, 0.05) is 17.5 Å². The first-order chi connectivity index (χ1) is 8.81. The molecule has 0 unspecified atom stereocenters. The lowest BCUT2D eigenvalue weighted by molar-refractivity contribution is 0.616. The molecule has 94 valence electrons. The normalized spacial score (nSPS) is 14.9. The zero-order chi connectivity index (χ0) is 12.4. The summed E-state index contributed by atoms with van der Waals surface area (Å²) in [5.41, 5.74) is 2.69. The molecule has 2 aromatic rings. The smallest absolute Gasteiger partial charge is 0.178 e. The third-order valence-corrected chi connectivity index (χ3v) is 4.61. The van der Waals surface area contributed by atoms with Crippen molar-refractivity contribution in [2.24, 2.45) is 0 Å². The first-order valence-corrected chi connectivity index (χ1v) is 7.47. The van der Waals surface area contributed by atoms with Crippen LogP contribution in [0.2, 0.25) is 0 Å². The predicted molar refractivity (Wildman–Crippen MR) is 70.3 cm³/mol. The van der Waals surface area contributed by atoms with Crippen LogP contribution in [0.4, 0.5) is 4.39 Å². The van der Waals surface area contributed by atoms with Gasteiger partial charge in [-0.05, 0) is 36.6 Å². The number of aromatic nitrogens is 2. The van der Waals surface area contributed by atoms with Gasteiger partial charge in [-0.1, -0.05) is 23.1 Å². The first-order valence-electron chi connectivity index (χ1n) is 5.77. The van der Waals surface area contributed by atoms with Crippen molar-refractivity contribution in [1.82, 2.24) is 15.5 Å². The number of rotatable bonds is 5. The van der Waals surface area contributed by atoms with Crippen LogP contribution in [0.1, 0.15) is 18.4 Å². The highest BCUT2D eigenvalue weighted by molar-refractivity contribution is 8.01. The fourth-order valence-electron chi connectivity index (χ4n) is 1.63. The standard InChI is InChI=1S/C12H12FN3S2/c13-9-1-4-11(18-12-16-15-7-17-12)8(5-9)6-14-10-2-3-10/h1,4-5,7,10,14H,2-3,6H2. The summed E-state index contributed by atoms with van der Waals surface area (Å²) in [6, 6.07) is 5.52. The van der Waals surface area contributed by atoms with E-state index in [1.54, 1.807) is 11.6 Å². The summed E-state index contributed by atoms with van der Waals surface area (Å²) < 4.78 is 14.2. The van der Waals surface area contributed by atoms with Gasteiger partial charge in [0.2, 0.25) is 0 Å². The van der Waals surface area contributed by atoms with Gasteiger partial charge in [0.15, 0.2) is 4.34 Å².